The number of thiazole rings is 1. The Morgan fingerprint density at radius 1 is 1.17 bits per heavy atom. The fourth-order valence-corrected chi connectivity index (χ4v) is 5.71. The highest BCUT2D eigenvalue weighted by Crippen LogP contribution is 2.37. The van der Waals surface area contributed by atoms with Crippen LogP contribution in [0.5, 0.6) is 11.5 Å². The van der Waals surface area contributed by atoms with Crippen LogP contribution in [0, 0.1) is 6.92 Å². The molecule has 4 aromatic rings. The number of aryl methyl sites for hydroxylation is 1. The highest BCUT2D eigenvalue weighted by Gasteiger charge is 2.13. The van der Waals surface area contributed by atoms with Gasteiger partial charge >= 0.3 is 0 Å². The lowest BCUT2D eigenvalue weighted by Gasteiger charge is -2.15. The van der Waals surface area contributed by atoms with E-state index in [-0.39, 0.29) is 11.7 Å². The molecule has 3 aromatic carbocycles. The van der Waals surface area contributed by atoms with E-state index < -0.39 is 0 Å². The first kappa shape index (κ1) is 25.2. The smallest absolute Gasteiger partial charge is 0.250 e. The lowest BCUT2D eigenvalue weighted by molar-refractivity contribution is -0.118. The zero-order valence-electron chi connectivity index (χ0n) is 19.3. The molecule has 0 saturated heterocycles. The quantitative estimate of drug-likeness (QED) is 0.132. The Morgan fingerprint density at radius 2 is 2.03 bits per heavy atom. The Hall–Kier alpha value is -2.88. The summed E-state index contributed by atoms with van der Waals surface area (Å²) in [6.45, 7) is 4.89. The Balaban J connectivity index is 1.35. The lowest BCUT2D eigenvalue weighted by Crippen LogP contribution is -2.19. The number of nitrogens with one attached hydrogen (secondary N) is 1. The largest absolute Gasteiger partial charge is 0.490 e. The summed E-state index contributed by atoms with van der Waals surface area (Å²) in [6, 6.07) is 19.8. The van der Waals surface area contributed by atoms with Gasteiger partial charge in [-0.15, -0.1) is 11.3 Å². The molecule has 0 spiro atoms. The van der Waals surface area contributed by atoms with Crippen molar-refractivity contribution in [3.05, 3.63) is 81.8 Å². The van der Waals surface area contributed by atoms with Gasteiger partial charge in [0.2, 0.25) is 0 Å². The summed E-state index contributed by atoms with van der Waals surface area (Å²) in [5, 5.41) is 4.10. The molecule has 1 aromatic heterocycles. The second-order valence-corrected chi connectivity index (χ2v) is 10.7. The maximum atomic E-state index is 12.2. The molecule has 0 radical (unpaired) electrons. The van der Waals surface area contributed by atoms with Crippen molar-refractivity contribution in [3.8, 4) is 11.5 Å². The summed E-state index contributed by atoms with van der Waals surface area (Å²) in [4.78, 5) is 16.8. The van der Waals surface area contributed by atoms with E-state index in [1.165, 1.54) is 17.3 Å². The van der Waals surface area contributed by atoms with E-state index in [1.807, 2.05) is 55.5 Å². The minimum atomic E-state index is -0.201. The number of rotatable bonds is 10. The molecule has 0 aliphatic carbocycles. The predicted octanol–water partition coefficient (Wildman–Crippen LogP) is 6.59. The van der Waals surface area contributed by atoms with E-state index in [2.05, 4.69) is 50.5 Å². The van der Waals surface area contributed by atoms with Crippen molar-refractivity contribution in [1.82, 2.24) is 10.4 Å². The molecule has 35 heavy (non-hydrogen) atoms. The minimum absolute atomic E-state index is 0.201. The van der Waals surface area contributed by atoms with Gasteiger partial charge in [-0.2, -0.15) is 5.10 Å². The van der Waals surface area contributed by atoms with Gasteiger partial charge < -0.3 is 9.47 Å². The van der Waals surface area contributed by atoms with Crippen LogP contribution in [-0.4, -0.2) is 29.5 Å². The highest BCUT2D eigenvalue weighted by molar-refractivity contribution is 9.10. The molecule has 0 saturated carbocycles. The average molecular weight is 571 g/mol. The van der Waals surface area contributed by atoms with Crippen molar-refractivity contribution in [3.63, 3.8) is 0 Å². The molecule has 9 heteroatoms. The summed E-state index contributed by atoms with van der Waals surface area (Å²) in [6.07, 6.45) is 1.58. The van der Waals surface area contributed by atoms with Gasteiger partial charge in [0.1, 0.15) is 6.61 Å². The first-order valence-corrected chi connectivity index (χ1v) is 13.6. The number of thioether (sulfide) groups is 1. The van der Waals surface area contributed by atoms with Crippen LogP contribution in [0.1, 0.15) is 23.6 Å². The molecular formula is C26H24BrN3O3S2. The fourth-order valence-electron chi connectivity index (χ4n) is 3.27. The van der Waals surface area contributed by atoms with Crippen LogP contribution in [0.25, 0.3) is 10.2 Å². The van der Waals surface area contributed by atoms with Crippen LogP contribution in [0.2, 0.25) is 0 Å². The first-order valence-electron chi connectivity index (χ1n) is 11.0. The van der Waals surface area contributed by atoms with E-state index in [4.69, 9.17) is 9.47 Å². The number of para-hydroxylation sites is 1. The van der Waals surface area contributed by atoms with Crippen molar-refractivity contribution < 1.29 is 14.3 Å². The number of hydrazone groups is 1. The number of nitrogens with zero attached hydrogens (tertiary/aromatic N) is 2. The van der Waals surface area contributed by atoms with Crippen molar-refractivity contribution in [2.24, 2.45) is 5.10 Å². The van der Waals surface area contributed by atoms with Gasteiger partial charge in [0.05, 0.1) is 33.3 Å². The summed E-state index contributed by atoms with van der Waals surface area (Å²) in [7, 11) is 0. The van der Waals surface area contributed by atoms with Gasteiger partial charge in [-0.25, -0.2) is 10.4 Å². The SMILES string of the molecule is CCOc1cc(/C=N\NC(=O)CSc2nc3ccccc3s2)cc(Br)c1OCc1cccc(C)c1. The molecule has 0 unspecified atom stereocenters. The predicted molar refractivity (Wildman–Crippen MR) is 147 cm³/mol. The first-order chi connectivity index (χ1) is 17.0. The van der Waals surface area contributed by atoms with E-state index >= 15 is 0 Å². The van der Waals surface area contributed by atoms with E-state index in [9.17, 15) is 4.79 Å². The molecule has 1 N–H and O–H groups in total. The third-order valence-electron chi connectivity index (χ3n) is 4.80. The average Bonchev–Trinajstić information content (AvgIpc) is 3.26. The highest BCUT2D eigenvalue weighted by atomic mass is 79.9. The molecule has 0 aliphatic rings. The maximum Gasteiger partial charge on any atom is 0.250 e. The monoisotopic (exact) mass is 569 g/mol. The van der Waals surface area contributed by atoms with E-state index in [1.54, 1.807) is 17.6 Å². The zero-order chi connectivity index (χ0) is 24.6. The van der Waals surface area contributed by atoms with Crippen LogP contribution in [0.4, 0.5) is 0 Å². The van der Waals surface area contributed by atoms with Gasteiger partial charge in [-0.1, -0.05) is 53.7 Å². The Labute approximate surface area is 220 Å². The van der Waals surface area contributed by atoms with Crippen molar-refractivity contribution in [2.45, 2.75) is 24.8 Å². The lowest BCUT2D eigenvalue weighted by atomic mass is 10.1. The number of ether oxygens (including phenoxy) is 2. The van der Waals surface area contributed by atoms with Gasteiger partial charge in [0.25, 0.3) is 5.91 Å². The molecule has 0 atom stereocenters. The Morgan fingerprint density at radius 3 is 2.83 bits per heavy atom. The number of carbonyl (C=O) groups excluding carboxylic acids is 1. The molecule has 4 rings (SSSR count). The zero-order valence-corrected chi connectivity index (χ0v) is 22.5. The van der Waals surface area contributed by atoms with E-state index in [0.717, 1.165) is 30.2 Å². The molecule has 0 bridgehead atoms. The third-order valence-corrected chi connectivity index (χ3v) is 7.57. The number of halogens is 1. The molecule has 0 fully saturated rings. The normalized spacial score (nSPS) is 11.2. The van der Waals surface area contributed by atoms with Gasteiger partial charge in [0, 0.05) is 0 Å². The van der Waals surface area contributed by atoms with Crippen molar-refractivity contribution >= 4 is 61.4 Å². The minimum Gasteiger partial charge on any atom is -0.490 e. The van der Waals surface area contributed by atoms with Crippen LogP contribution < -0.4 is 14.9 Å². The molecular weight excluding hydrogens is 546 g/mol. The van der Waals surface area contributed by atoms with Gasteiger partial charge in [0.15, 0.2) is 15.8 Å². The number of benzene rings is 3. The molecule has 0 aliphatic heterocycles. The number of carbonyl (C=O) groups is 1. The number of fused-ring (bicyclic) bond motifs is 1. The third kappa shape index (κ3) is 7.06. The van der Waals surface area contributed by atoms with E-state index in [0.29, 0.717) is 24.7 Å². The van der Waals surface area contributed by atoms with Crippen LogP contribution in [0.3, 0.4) is 0 Å². The number of amides is 1. The number of aromatic nitrogens is 1. The standard InChI is InChI=1S/C26H24BrN3O3S2/c1-3-32-22-13-19(12-20(27)25(22)33-15-18-8-6-7-17(2)11-18)14-28-30-24(31)16-34-26-29-21-9-4-5-10-23(21)35-26/h4-14H,3,15-16H2,1-2H3,(H,30,31)/b28-14-. The Bertz CT molecular complexity index is 1320. The topological polar surface area (TPSA) is 72.8 Å². The summed E-state index contributed by atoms with van der Waals surface area (Å²) < 4.78 is 14.6. The van der Waals surface area contributed by atoms with Crippen LogP contribution in [0.15, 0.2) is 74.6 Å². The fraction of sp³-hybridized carbons (Fsp3) is 0.192. The molecule has 6 nitrogen and oxygen atoms in total. The van der Waals surface area contributed by atoms with Gasteiger partial charge in [-0.05, 0) is 65.2 Å². The molecule has 1 heterocycles. The summed E-state index contributed by atoms with van der Waals surface area (Å²) in [5.41, 5.74) is 6.55. The van der Waals surface area contributed by atoms with Crippen LogP contribution in [-0.2, 0) is 11.4 Å². The van der Waals surface area contributed by atoms with Crippen LogP contribution >= 0.6 is 39.0 Å². The number of hydrogen-bond donors (Lipinski definition) is 1. The second-order valence-electron chi connectivity index (χ2n) is 7.57. The number of hydrogen-bond acceptors (Lipinski definition) is 7. The summed E-state index contributed by atoms with van der Waals surface area (Å²) >= 11 is 6.55. The van der Waals surface area contributed by atoms with Crippen molar-refractivity contribution in [2.75, 3.05) is 12.4 Å². The Kier molecular flexibility index (Phi) is 8.79. The molecule has 1 amide bonds. The van der Waals surface area contributed by atoms with Gasteiger partial charge in [-0.3, -0.25) is 4.79 Å². The molecule has 180 valence electrons. The van der Waals surface area contributed by atoms with Crippen molar-refractivity contribution in [1.29, 1.82) is 0 Å². The summed E-state index contributed by atoms with van der Waals surface area (Å²) in [5.74, 6) is 1.26. The second kappa shape index (κ2) is 12.2. The maximum absolute atomic E-state index is 12.2.